The Morgan fingerprint density at radius 2 is 2.50 bits per heavy atom. The van der Waals surface area contributed by atoms with Crippen molar-refractivity contribution in [3.05, 3.63) is 11.7 Å². The zero-order valence-corrected chi connectivity index (χ0v) is 6.38. The molecule has 1 unspecified atom stereocenters. The zero-order chi connectivity index (χ0) is 7.40. The van der Waals surface area contributed by atoms with Gasteiger partial charge in [0.1, 0.15) is 6.04 Å². The Labute approximate surface area is 65.7 Å². The summed E-state index contributed by atoms with van der Waals surface area (Å²) in [5.41, 5.74) is 1.45. The molecule has 0 N–H and O–H groups in total. The molecule has 1 aliphatic heterocycles. The van der Waals surface area contributed by atoms with E-state index in [0.29, 0.717) is 0 Å². The first-order chi connectivity index (χ1) is 4.88. The lowest BCUT2D eigenvalue weighted by Crippen LogP contribution is -2.21. The molecule has 0 aliphatic carbocycles. The number of rotatable bonds is 1. The van der Waals surface area contributed by atoms with Crippen molar-refractivity contribution in [2.45, 2.75) is 18.9 Å². The second-order valence-corrected chi connectivity index (χ2v) is 2.55. The summed E-state index contributed by atoms with van der Waals surface area (Å²) in [7, 11) is 0. The Bertz CT molecular complexity index is 171. The van der Waals surface area contributed by atoms with Crippen molar-refractivity contribution in [1.82, 2.24) is 4.90 Å². The Balaban J connectivity index is 2.52. The highest BCUT2D eigenvalue weighted by Gasteiger charge is 2.20. The van der Waals surface area contributed by atoms with Gasteiger partial charge in [-0.2, -0.15) is 5.26 Å². The van der Waals surface area contributed by atoms with E-state index < -0.39 is 0 Å². The third-order valence-electron chi connectivity index (χ3n) is 1.69. The zero-order valence-electron chi connectivity index (χ0n) is 5.63. The quantitative estimate of drug-likeness (QED) is 0.578. The molecular formula is C7H9ClN2. The van der Waals surface area contributed by atoms with Gasteiger partial charge < -0.3 is 4.90 Å². The lowest BCUT2D eigenvalue weighted by molar-refractivity contribution is 0.409. The molecule has 1 fully saturated rings. The number of hydrogen-bond donors (Lipinski definition) is 0. The normalized spacial score (nSPS) is 25.6. The van der Waals surface area contributed by atoms with Crippen LogP contribution in [0, 0.1) is 11.3 Å². The summed E-state index contributed by atoms with van der Waals surface area (Å²) >= 11 is 5.37. The standard InChI is InChI=1S/C7H9ClN2/c8-3-5-10-4-1-2-7(10)6-9/h3,5,7H,1-2,4H2. The first kappa shape index (κ1) is 7.43. The van der Waals surface area contributed by atoms with E-state index in [1.165, 1.54) is 5.54 Å². The molecule has 2 nitrogen and oxygen atoms in total. The van der Waals surface area contributed by atoms with Gasteiger partial charge in [-0.05, 0) is 12.8 Å². The first-order valence-electron chi connectivity index (χ1n) is 3.30. The monoisotopic (exact) mass is 156 g/mol. The highest BCUT2D eigenvalue weighted by atomic mass is 35.5. The van der Waals surface area contributed by atoms with Crippen LogP contribution in [0.4, 0.5) is 0 Å². The largest absolute Gasteiger partial charge is 0.361 e. The van der Waals surface area contributed by atoms with E-state index in [2.05, 4.69) is 6.07 Å². The second-order valence-electron chi connectivity index (χ2n) is 2.30. The van der Waals surface area contributed by atoms with Gasteiger partial charge >= 0.3 is 0 Å². The van der Waals surface area contributed by atoms with E-state index >= 15 is 0 Å². The number of nitriles is 1. The second kappa shape index (κ2) is 3.48. The molecule has 1 heterocycles. The summed E-state index contributed by atoms with van der Waals surface area (Å²) in [6.07, 6.45) is 3.83. The van der Waals surface area contributed by atoms with E-state index in [-0.39, 0.29) is 6.04 Å². The summed E-state index contributed by atoms with van der Waals surface area (Å²) in [6, 6.07) is 2.27. The minimum absolute atomic E-state index is 0.0509. The lowest BCUT2D eigenvalue weighted by Gasteiger charge is -2.14. The summed E-state index contributed by atoms with van der Waals surface area (Å²) in [5.74, 6) is 0. The fourth-order valence-corrected chi connectivity index (χ4v) is 1.32. The molecule has 0 aromatic heterocycles. The van der Waals surface area contributed by atoms with E-state index in [4.69, 9.17) is 16.9 Å². The van der Waals surface area contributed by atoms with Gasteiger partial charge in [-0.1, -0.05) is 11.6 Å². The molecule has 54 valence electrons. The fourth-order valence-electron chi connectivity index (χ4n) is 1.18. The summed E-state index contributed by atoms with van der Waals surface area (Å²) in [4.78, 5) is 1.97. The van der Waals surface area contributed by atoms with Crippen LogP contribution in [0.15, 0.2) is 11.7 Å². The maximum atomic E-state index is 8.59. The number of nitrogens with zero attached hydrogens (tertiary/aromatic N) is 2. The van der Waals surface area contributed by atoms with Gasteiger partial charge in [0, 0.05) is 18.3 Å². The van der Waals surface area contributed by atoms with Crippen molar-refractivity contribution < 1.29 is 0 Å². The van der Waals surface area contributed by atoms with Crippen LogP contribution in [0.5, 0.6) is 0 Å². The van der Waals surface area contributed by atoms with Gasteiger partial charge in [0.15, 0.2) is 0 Å². The molecule has 0 radical (unpaired) electrons. The molecule has 1 atom stereocenters. The molecule has 1 aliphatic rings. The maximum absolute atomic E-state index is 8.59. The van der Waals surface area contributed by atoms with Gasteiger partial charge in [0.25, 0.3) is 0 Å². The molecule has 10 heavy (non-hydrogen) atoms. The Morgan fingerprint density at radius 3 is 3.10 bits per heavy atom. The topological polar surface area (TPSA) is 27.0 Å². The van der Waals surface area contributed by atoms with Crippen LogP contribution in [0.1, 0.15) is 12.8 Å². The predicted molar refractivity (Wildman–Crippen MR) is 40.3 cm³/mol. The molecule has 0 saturated carbocycles. The SMILES string of the molecule is N#CC1CCCN1C=CCl. The van der Waals surface area contributed by atoms with E-state index in [1.54, 1.807) is 6.20 Å². The first-order valence-corrected chi connectivity index (χ1v) is 3.74. The average molecular weight is 157 g/mol. The minimum atomic E-state index is 0.0509. The van der Waals surface area contributed by atoms with Crippen molar-refractivity contribution in [2.75, 3.05) is 6.54 Å². The lowest BCUT2D eigenvalue weighted by atomic mass is 10.2. The summed E-state index contributed by atoms with van der Waals surface area (Å²) in [5, 5.41) is 8.59. The predicted octanol–water partition coefficient (Wildman–Crippen LogP) is 1.68. The number of hydrogen-bond acceptors (Lipinski definition) is 2. The van der Waals surface area contributed by atoms with Gasteiger partial charge in [-0.25, -0.2) is 0 Å². The van der Waals surface area contributed by atoms with Crippen LogP contribution >= 0.6 is 11.6 Å². The van der Waals surface area contributed by atoms with Gasteiger partial charge in [0.05, 0.1) is 6.07 Å². The van der Waals surface area contributed by atoms with Crippen LogP contribution in [0.2, 0.25) is 0 Å². The van der Waals surface area contributed by atoms with Crippen LogP contribution in [-0.2, 0) is 0 Å². The number of likely N-dealkylation sites (tertiary alicyclic amines) is 1. The average Bonchev–Trinajstić information content (AvgIpc) is 2.36. The number of halogens is 1. The third kappa shape index (κ3) is 1.43. The van der Waals surface area contributed by atoms with Crippen LogP contribution in [-0.4, -0.2) is 17.5 Å². The molecular weight excluding hydrogens is 148 g/mol. The van der Waals surface area contributed by atoms with Gasteiger partial charge in [-0.3, -0.25) is 0 Å². The molecule has 0 aromatic rings. The molecule has 0 amide bonds. The van der Waals surface area contributed by atoms with Crippen molar-refractivity contribution in [2.24, 2.45) is 0 Å². The van der Waals surface area contributed by atoms with Crippen molar-refractivity contribution in [3.63, 3.8) is 0 Å². The Kier molecular flexibility index (Phi) is 2.58. The smallest absolute Gasteiger partial charge is 0.116 e. The van der Waals surface area contributed by atoms with Crippen molar-refractivity contribution >= 4 is 11.6 Å². The molecule has 1 saturated heterocycles. The van der Waals surface area contributed by atoms with Crippen LogP contribution < -0.4 is 0 Å². The Morgan fingerprint density at radius 1 is 1.70 bits per heavy atom. The maximum Gasteiger partial charge on any atom is 0.116 e. The molecule has 0 spiro atoms. The van der Waals surface area contributed by atoms with Gasteiger partial charge in [-0.15, -0.1) is 0 Å². The fraction of sp³-hybridized carbons (Fsp3) is 0.571. The van der Waals surface area contributed by atoms with E-state index in [0.717, 1.165) is 19.4 Å². The highest BCUT2D eigenvalue weighted by molar-refractivity contribution is 6.25. The van der Waals surface area contributed by atoms with Crippen molar-refractivity contribution in [3.8, 4) is 6.07 Å². The molecule has 1 rings (SSSR count). The third-order valence-corrected chi connectivity index (χ3v) is 1.80. The summed E-state index contributed by atoms with van der Waals surface area (Å²) < 4.78 is 0. The molecule has 0 aromatic carbocycles. The van der Waals surface area contributed by atoms with Crippen molar-refractivity contribution in [1.29, 1.82) is 5.26 Å². The van der Waals surface area contributed by atoms with E-state index in [9.17, 15) is 0 Å². The van der Waals surface area contributed by atoms with Crippen LogP contribution in [0.3, 0.4) is 0 Å². The van der Waals surface area contributed by atoms with E-state index in [1.807, 2.05) is 4.90 Å². The highest BCUT2D eigenvalue weighted by Crippen LogP contribution is 2.16. The Hall–Kier alpha value is -0.680. The van der Waals surface area contributed by atoms with Crippen LogP contribution in [0.25, 0.3) is 0 Å². The summed E-state index contributed by atoms with van der Waals surface area (Å²) in [6.45, 7) is 0.960. The van der Waals surface area contributed by atoms with Gasteiger partial charge in [0.2, 0.25) is 0 Å². The minimum Gasteiger partial charge on any atom is -0.361 e. The molecule has 3 heteroatoms. The molecule has 0 bridgehead atoms.